The molecule has 5 nitrogen and oxygen atoms in total. The number of hydrogen-bond donors (Lipinski definition) is 2. The van der Waals surface area contributed by atoms with Crippen LogP contribution in [0, 0.1) is 6.92 Å². The molecule has 23 heavy (non-hydrogen) atoms. The molecule has 1 aromatic carbocycles. The molecule has 0 radical (unpaired) electrons. The highest BCUT2D eigenvalue weighted by molar-refractivity contribution is 9.10. The summed E-state index contributed by atoms with van der Waals surface area (Å²) in [6.45, 7) is 2.49. The Morgan fingerprint density at radius 1 is 1.00 bits per heavy atom. The number of aryl methyl sites for hydroxylation is 1. The summed E-state index contributed by atoms with van der Waals surface area (Å²) in [6, 6.07) is 15.7. The Morgan fingerprint density at radius 2 is 1.87 bits per heavy atom. The Bertz CT molecular complexity index is 792. The van der Waals surface area contributed by atoms with E-state index in [4.69, 9.17) is 0 Å². The first-order chi connectivity index (χ1) is 11.2. The van der Waals surface area contributed by atoms with Crippen LogP contribution in [0.25, 0.3) is 0 Å². The molecular formula is C17H16BrN5. The summed E-state index contributed by atoms with van der Waals surface area (Å²) in [6.07, 6.45) is 1.78. The fourth-order valence-corrected chi connectivity index (χ4v) is 2.52. The second-order valence-electron chi connectivity index (χ2n) is 5.00. The first-order valence-corrected chi connectivity index (χ1v) is 8.00. The normalized spacial score (nSPS) is 10.3. The molecule has 0 amide bonds. The highest BCUT2D eigenvalue weighted by atomic mass is 79.9. The van der Waals surface area contributed by atoms with E-state index in [-0.39, 0.29) is 0 Å². The number of nitrogens with zero attached hydrogens (tertiary/aromatic N) is 3. The van der Waals surface area contributed by atoms with Crippen molar-refractivity contribution in [3.8, 4) is 0 Å². The molecule has 0 atom stereocenters. The van der Waals surface area contributed by atoms with Gasteiger partial charge in [-0.05, 0) is 37.3 Å². The van der Waals surface area contributed by atoms with E-state index in [0.29, 0.717) is 12.4 Å². The Kier molecular flexibility index (Phi) is 4.83. The highest BCUT2D eigenvalue weighted by Crippen LogP contribution is 2.21. The largest absolute Gasteiger partial charge is 0.364 e. The minimum Gasteiger partial charge on any atom is -0.364 e. The third kappa shape index (κ3) is 4.50. The van der Waals surface area contributed by atoms with E-state index in [1.807, 2.05) is 55.5 Å². The molecule has 0 saturated heterocycles. The smallest absolute Gasteiger partial charge is 0.136 e. The van der Waals surface area contributed by atoms with E-state index in [1.54, 1.807) is 6.20 Å². The van der Waals surface area contributed by atoms with Gasteiger partial charge in [0.25, 0.3) is 0 Å². The summed E-state index contributed by atoms with van der Waals surface area (Å²) in [5.74, 6) is 2.22. The molecule has 3 rings (SSSR count). The van der Waals surface area contributed by atoms with Crippen molar-refractivity contribution >= 4 is 33.3 Å². The van der Waals surface area contributed by atoms with E-state index in [1.165, 1.54) is 0 Å². The van der Waals surface area contributed by atoms with Crippen LogP contribution in [0.4, 0.5) is 17.3 Å². The minimum absolute atomic E-state index is 0.619. The maximum absolute atomic E-state index is 4.42. The van der Waals surface area contributed by atoms with Crippen LogP contribution in [-0.4, -0.2) is 15.0 Å². The standard InChI is InChI=1S/C17H16BrN5/c1-12-21-16(20-11-15-6-2-3-8-19-15)10-17(22-12)23-14-7-4-5-13(18)9-14/h2-10H,11H2,1H3,(H2,20,21,22,23). The molecule has 0 fully saturated rings. The molecule has 0 spiro atoms. The number of halogens is 1. The first kappa shape index (κ1) is 15.4. The highest BCUT2D eigenvalue weighted by Gasteiger charge is 2.03. The Balaban J connectivity index is 1.73. The monoisotopic (exact) mass is 369 g/mol. The molecule has 0 bridgehead atoms. The topological polar surface area (TPSA) is 62.7 Å². The third-order valence-electron chi connectivity index (χ3n) is 3.11. The van der Waals surface area contributed by atoms with Gasteiger partial charge < -0.3 is 10.6 Å². The number of rotatable bonds is 5. The average molecular weight is 370 g/mol. The first-order valence-electron chi connectivity index (χ1n) is 7.21. The second kappa shape index (κ2) is 7.19. The molecule has 0 aliphatic heterocycles. The fraction of sp³-hybridized carbons (Fsp3) is 0.118. The SMILES string of the molecule is Cc1nc(NCc2ccccn2)cc(Nc2cccc(Br)c2)n1. The molecule has 0 saturated carbocycles. The molecule has 2 N–H and O–H groups in total. The van der Waals surface area contributed by atoms with Crippen LogP contribution in [0.2, 0.25) is 0 Å². The number of anilines is 3. The van der Waals surface area contributed by atoms with Gasteiger partial charge in [-0.15, -0.1) is 0 Å². The predicted molar refractivity (Wildman–Crippen MR) is 95.8 cm³/mol. The summed E-state index contributed by atoms with van der Waals surface area (Å²) in [5, 5.41) is 6.56. The number of benzene rings is 1. The lowest BCUT2D eigenvalue weighted by Crippen LogP contribution is -2.06. The lowest BCUT2D eigenvalue weighted by Gasteiger charge is -2.10. The van der Waals surface area contributed by atoms with Gasteiger partial charge in [-0.3, -0.25) is 4.98 Å². The molecule has 0 aliphatic carbocycles. The molecule has 0 aliphatic rings. The Labute approximate surface area is 143 Å². The van der Waals surface area contributed by atoms with E-state index in [9.17, 15) is 0 Å². The quantitative estimate of drug-likeness (QED) is 0.701. The Morgan fingerprint density at radius 3 is 2.65 bits per heavy atom. The predicted octanol–water partition coefficient (Wildman–Crippen LogP) is 4.30. The van der Waals surface area contributed by atoms with Gasteiger partial charge in [0.1, 0.15) is 17.5 Å². The van der Waals surface area contributed by atoms with Crippen LogP contribution in [-0.2, 0) is 6.54 Å². The van der Waals surface area contributed by atoms with E-state index >= 15 is 0 Å². The van der Waals surface area contributed by atoms with Crippen LogP contribution in [0.1, 0.15) is 11.5 Å². The van der Waals surface area contributed by atoms with Crippen molar-refractivity contribution in [1.29, 1.82) is 0 Å². The summed E-state index contributed by atoms with van der Waals surface area (Å²) >= 11 is 3.46. The van der Waals surface area contributed by atoms with Crippen molar-refractivity contribution in [3.05, 3.63) is 70.7 Å². The zero-order valence-electron chi connectivity index (χ0n) is 12.6. The number of nitrogens with one attached hydrogen (secondary N) is 2. The van der Waals surface area contributed by atoms with Crippen molar-refractivity contribution in [2.45, 2.75) is 13.5 Å². The van der Waals surface area contributed by atoms with Gasteiger partial charge in [0.2, 0.25) is 0 Å². The van der Waals surface area contributed by atoms with Gasteiger partial charge in [0.15, 0.2) is 0 Å². The molecule has 6 heteroatoms. The van der Waals surface area contributed by atoms with Crippen LogP contribution in [0.5, 0.6) is 0 Å². The lowest BCUT2D eigenvalue weighted by atomic mass is 10.3. The van der Waals surface area contributed by atoms with Crippen LogP contribution >= 0.6 is 15.9 Å². The number of pyridine rings is 1. The zero-order valence-corrected chi connectivity index (χ0v) is 14.2. The second-order valence-corrected chi connectivity index (χ2v) is 5.91. The maximum atomic E-state index is 4.42. The van der Waals surface area contributed by atoms with Crippen LogP contribution < -0.4 is 10.6 Å². The van der Waals surface area contributed by atoms with Crippen molar-refractivity contribution in [2.75, 3.05) is 10.6 Å². The van der Waals surface area contributed by atoms with E-state index in [2.05, 4.69) is 41.5 Å². The fourth-order valence-electron chi connectivity index (χ4n) is 2.12. The average Bonchev–Trinajstić information content (AvgIpc) is 2.53. The van der Waals surface area contributed by atoms with Gasteiger partial charge in [0, 0.05) is 22.4 Å². The van der Waals surface area contributed by atoms with Crippen molar-refractivity contribution < 1.29 is 0 Å². The summed E-state index contributed by atoms with van der Waals surface area (Å²) in [7, 11) is 0. The van der Waals surface area contributed by atoms with Crippen molar-refractivity contribution in [2.24, 2.45) is 0 Å². The van der Waals surface area contributed by atoms with Crippen LogP contribution in [0.3, 0.4) is 0 Å². The van der Waals surface area contributed by atoms with Gasteiger partial charge in [0.05, 0.1) is 12.2 Å². The number of aromatic nitrogens is 3. The minimum atomic E-state index is 0.619. The lowest BCUT2D eigenvalue weighted by molar-refractivity contribution is 0.996. The zero-order chi connectivity index (χ0) is 16.1. The van der Waals surface area contributed by atoms with Gasteiger partial charge in [-0.2, -0.15) is 0 Å². The summed E-state index contributed by atoms with van der Waals surface area (Å²) < 4.78 is 1.02. The van der Waals surface area contributed by atoms with Crippen LogP contribution in [0.15, 0.2) is 59.2 Å². The van der Waals surface area contributed by atoms with Gasteiger partial charge >= 0.3 is 0 Å². The Hall–Kier alpha value is -2.47. The molecule has 0 unspecified atom stereocenters. The summed E-state index contributed by atoms with van der Waals surface area (Å²) in [4.78, 5) is 13.1. The number of hydrogen-bond acceptors (Lipinski definition) is 5. The summed E-state index contributed by atoms with van der Waals surface area (Å²) in [5.41, 5.74) is 1.93. The third-order valence-corrected chi connectivity index (χ3v) is 3.60. The van der Waals surface area contributed by atoms with Crippen molar-refractivity contribution in [1.82, 2.24) is 15.0 Å². The molecule has 116 valence electrons. The van der Waals surface area contributed by atoms with Gasteiger partial charge in [-0.1, -0.05) is 28.1 Å². The molecule has 2 heterocycles. The molecular weight excluding hydrogens is 354 g/mol. The molecule has 3 aromatic rings. The van der Waals surface area contributed by atoms with Crippen molar-refractivity contribution in [3.63, 3.8) is 0 Å². The van der Waals surface area contributed by atoms with E-state index < -0.39 is 0 Å². The molecule has 2 aromatic heterocycles. The maximum Gasteiger partial charge on any atom is 0.136 e. The van der Waals surface area contributed by atoms with E-state index in [0.717, 1.165) is 27.5 Å². The van der Waals surface area contributed by atoms with Gasteiger partial charge in [-0.25, -0.2) is 9.97 Å².